The first-order valence-corrected chi connectivity index (χ1v) is 3.37. The van der Waals surface area contributed by atoms with Crippen LogP contribution in [0.25, 0.3) is 0 Å². The lowest BCUT2D eigenvalue weighted by atomic mass is 10.4. The molecule has 0 aliphatic carbocycles. The molecule has 1 amide bonds. The molecule has 1 N–H and O–H groups in total. The van der Waals surface area contributed by atoms with Gasteiger partial charge in [-0.1, -0.05) is 12.7 Å². The number of hydrogen-bond acceptors (Lipinski definition) is 2. The third kappa shape index (κ3) is 4.27. The summed E-state index contributed by atoms with van der Waals surface area (Å²) in [5.41, 5.74) is 0. The molecule has 0 atom stereocenters. The van der Waals surface area contributed by atoms with E-state index in [0.717, 1.165) is 6.08 Å². The zero-order valence-electron chi connectivity index (χ0n) is 6.86. The van der Waals surface area contributed by atoms with Crippen LogP contribution < -0.4 is 0 Å². The van der Waals surface area contributed by atoms with Gasteiger partial charge in [0.05, 0.1) is 0 Å². The van der Waals surface area contributed by atoms with Crippen LogP contribution in [0.15, 0.2) is 24.9 Å². The molecule has 12 heavy (non-hydrogen) atoms. The molecule has 0 heterocycles. The minimum absolute atomic E-state index is 0.167. The van der Waals surface area contributed by atoms with Gasteiger partial charge in [-0.05, 0) is 6.20 Å². The molecule has 0 fully saturated rings. The van der Waals surface area contributed by atoms with Gasteiger partial charge in [-0.15, -0.1) is 0 Å². The quantitative estimate of drug-likeness (QED) is 0.627. The maximum absolute atomic E-state index is 10.7. The fourth-order valence-corrected chi connectivity index (χ4v) is 0.599. The molecule has 0 rings (SSSR count). The molecule has 0 unspecified atom stereocenters. The van der Waals surface area contributed by atoms with Gasteiger partial charge in [0.25, 0.3) is 0 Å². The summed E-state index contributed by atoms with van der Waals surface area (Å²) < 4.78 is 0. The molecule has 0 aromatic heterocycles. The standard InChI is InChI=1S/C8H11NO3/c1-3-9(7(2)10)6-4-5-8(11)12/h3-5H,1,6H2,2H3,(H,11,12)/b5-4+. The van der Waals surface area contributed by atoms with Gasteiger partial charge in [-0.25, -0.2) is 4.79 Å². The summed E-state index contributed by atoms with van der Waals surface area (Å²) >= 11 is 0. The molecule has 0 aromatic carbocycles. The minimum atomic E-state index is -1.03. The normalized spacial score (nSPS) is 9.75. The summed E-state index contributed by atoms with van der Waals surface area (Å²) in [6.07, 6.45) is 3.72. The fourth-order valence-electron chi connectivity index (χ4n) is 0.599. The number of hydrogen-bond donors (Lipinski definition) is 1. The Bertz CT molecular complexity index is 220. The smallest absolute Gasteiger partial charge is 0.328 e. The van der Waals surface area contributed by atoms with Crippen LogP contribution in [0, 0.1) is 0 Å². The van der Waals surface area contributed by atoms with E-state index >= 15 is 0 Å². The zero-order valence-corrected chi connectivity index (χ0v) is 6.86. The van der Waals surface area contributed by atoms with E-state index in [1.807, 2.05) is 0 Å². The van der Waals surface area contributed by atoms with Crippen molar-refractivity contribution < 1.29 is 14.7 Å². The second-order valence-corrected chi connectivity index (χ2v) is 2.09. The van der Waals surface area contributed by atoms with Crippen molar-refractivity contribution in [1.29, 1.82) is 0 Å². The summed E-state index contributed by atoms with van der Waals surface area (Å²) in [5, 5.41) is 8.22. The number of nitrogens with zero attached hydrogens (tertiary/aromatic N) is 1. The van der Waals surface area contributed by atoms with E-state index in [4.69, 9.17) is 5.11 Å². The van der Waals surface area contributed by atoms with Crippen LogP contribution in [0.4, 0.5) is 0 Å². The average Bonchev–Trinajstić information content (AvgIpc) is 1.96. The van der Waals surface area contributed by atoms with Gasteiger partial charge in [0.15, 0.2) is 0 Å². The molecule has 0 saturated carbocycles. The Morgan fingerprint density at radius 3 is 2.50 bits per heavy atom. The monoisotopic (exact) mass is 169 g/mol. The largest absolute Gasteiger partial charge is 0.478 e. The van der Waals surface area contributed by atoms with E-state index in [-0.39, 0.29) is 12.5 Å². The summed E-state index contributed by atoms with van der Waals surface area (Å²) in [7, 11) is 0. The number of carboxylic acids is 1. The highest BCUT2D eigenvalue weighted by Gasteiger charge is 1.99. The zero-order chi connectivity index (χ0) is 9.56. The molecule has 0 aliphatic rings. The number of carboxylic acid groups (broad SMARTS) is 1. The van der Waals surface area contributed by atoms with Crippen LogP contribution in [0.5, 0.6) is 0 Å². The molecule has 4 nitrogen and oxygen atoms in total. The van der Waals surface area contributed by atoms with Crippen molar-refractivity contribution in [1.82, 2.24) is 4.90 Å². The van der Waals surface area contributed by atoms with Crippen molar-refractivity contribution in [2.45, 2.75) is 6.92 Å². The number of rotatable bonds is 4. The first-order chi connectivity index (χ1) is 5.57. The third-order valence-corrected chi connectivity index (χ3v) is 1.19. The first-order valence-electron chi connectivity index (χ1n) is 3.37. The van der Waals surface area contributed by atoms with Crippen molar-refractivity contribution in [2.75, 3.05) is 6.54 Å². The first kappa shape index (κ1) is 10.4. The molecular formula is C8H11NO3. The predicted molar refractivity (Wildman–Crippen MR) is 44.4 cm³/mol. The number of carbonyl (C=O) groups excluding carboxylic acids is 1. The lowest BCUT2D eigenvalue weighted by Gasteiger charge is -2.11. The van der Waals surface area contributed by atoms with Gasteiger partial charge in [0.1, 0.15) is 0 Å². The summed E-state index contributed by atoms with van der Waals surface area (Å²) in [4.78, 5) is 22.1. The topological polar surface area (TPSA) is 57.6 Å². The van der Waals surface area contributed by atoms with Gasteiger partial charge in [0, 0.05) is 19.5 Å². The molecular weight excluding hydrogens is 158 g/mol. The molecule has 0 aliphatic heterocycles. The van der Waals surface area contributed by atoms with Crippen molar-refractivity contribution in [3.63, 3.8) is 0 Å². The van der Waals surface area contributed by atoms with Gasteiger partial charge >= 0.3 is 5.97 Å². The number of amides is 1. The maximum atomic E-state index is 10.7. The summed E-state index contributed by atoms with van der Waals surface area (Å²) in [5.74, 6) is -1.19. The van der Waals surface area contributed by atoms with Crippen LogP contribution in [0.1, 0.15) is 6.92 Å². The van der Waals surface area contributed by atoms with Gasteiger partial charge < -0.3 is 10.0 Å². The van der Waals surface area contributed by atoms with Crippen LogP contribution in [-0.2, 0) is 9.59 Å². The SMILES string of the molecule is C=CN(C/C=C/C(=O)O)C(C)=O. The molecule has 0 radical (unpaired) electrons. The average molecular weight is 169 g/mol. The highest BCUT2D eigenvalue weighted by Crippen LogP contribution is 1.89. The Labute approximate surface area is 70.8 Å². The Morgan fingerprint density at radius 2 is 2.17 bits per heavy atom. The summed E-state index contributed by atoms with van der Waals surface area (Å²) in [6.45, 7) is 5.03. The van der Waals surface area contributed by atoms with Gasteiger partial charge in [-0.3, -0.25) is 4.79 Å². The van der Waals surface area contributed by atoms with Crippen molar-refractivity contribution in [3.05, 3.63) is 24.9 Å². The van der Waals surface area contributed by atoms with Gasteiger partial charge in [0.2, 0.25) is 5.91 Å². The van der Waals surface area contributed by atoms with Crippen LogP contribution in [0.3, 0.4) is 0 Å². The van der Waals surface area contributed by atoms with Crippen molar-refractivity contribution in [3.8, 4) is 0 Å². The van der Waals surface area contributed by atoms with E-state index in [2.05, 4.69) is 6.58 Å². The van der Waals surface area contributed by atoms with Crippen molar-refractivity contribution in [2.24, 2.45) is 0 Å². The molecule has 0 saturated heterocycles. The molecule has 66 valence electrons. The lowest BCUT2D eigenvalue weighted by Crippen LogP contribution is -2.22. The fraction of sp³-hybridized carbons (Fsp3) is 0.250. The molecule has 0 bridgehead atoms. The third-order valence-electron chi connectivity index (χ3n) is 1.19. The minimum Gasteiger partial charge on any atom is -0.478 e. The highest BCUT2D eigenvalue weighted by atomic mass is 16.4. The second-order valence-electron chi connectivity index (χ2n) is 2.09. The number of carbonyl (C=O) groups is 2. The maximum Gasteiger partial charge on any atom is 0.328 e. The Balaban J connectivity index is 3.97. The van der Waals surface area contributed by atoms with E-state index in [1.54, 1.807) is 0 Å². The van der Waals surface area contributed by atoms with E-state index in [0.29, 0.717) is 0 Å². The second kappa shape index (κ2) is 5.12. The molecule has 0 aromatic rings. The molecule has 0 spiro atoms. The predicted octanol–water partition coefficient (Wildman–Crippen LogP) is 0.619. The van der Waals surface area contributed by atoms with Crippen LogP contribution >= 0.6 is 0 Å². The van der Waals surface area contributed by atoms with E-state index in [9.17, 15) is 9.59 Å². The lowest BCUT2D eigenvalue weighted by molar-refractivity contribution is -0.131. The van der Waals surface area contributed by atoms with E-state index < -0.39 is 5.97 Å². The van der Waals surface area contributed by atoms with Crippen molar-refractivity contribution >= 4 is 11.9 Å². The number of aliphatic carboxylic acids is 1. The molecule has 4 heteroatoms. The highest BCUT2D eigenvalue weighted by molar-refractivity contribution is 5.80. The Kier molecular flexibility index (Phi) is 4.45. The van der Waals surface area contributed by atoms with Gasteiger partial charge in [-0.2, -0.15) is 0 Å². The Hall–Kier alpha value is -1.58. The Morgan fingerprint density at radius 1 is 1.58 bits per heavy atom. The van der Waals surface area contributed by atoms with Crippen LogP contribution in [-0.4, -0.2) is 28.4 Å². The van der Waals surface area contributed by atoms with E-state index in [1.165, 1.54) is 24.1 Å². The summed E-state index contributed by atoms with van der Waals surface area (Å²) in [6, 6.07) is 0. The van der Waals surface area contributed by atoms with Crippen LogP contribution in [0.2, 0.25) is 0 Å².